The lowest BCUT2D eigenvalue weighted by molar-refractivity contribution is -0.416. The maximum absolute atomic E-state index is 12.9. The first-order valence-corrected chi connectivity index (χ1v) is 5.08. The summed E-state index contributed by atoms with van der Waals surface area (Å²) in [4.78, 5) is 9.66. The van der Waals surface area contributed by atoms with E-state index >= 15 is 0 Å². The van der Waals surface area contributed by atoms with E-state index < -0.39 is 47.7 Å². The van der Waals surface area contributed by atoms with Crippen molar-refractivity contribution in [3.05, 3.63) is 0 Å². The average molecular weight is 379 g/mol. The van der Waals surface area contributed by atoms with E-state index in [1.54, 1.807) is 0 Å². The minimum Gasteiger partial charge on any atom is -0.303 e. The van der Waals surface area contributed by atoms with Crippen LogP contribution in [0.2, 0.25) is 0 Å². The minimum atomic E-state index is -7.68. The lowest BCUT2D eigenvalue weighted by atomic mass is 9.93. The lowest BCUT2D eigenvalue weighted by Crippen LogP contribution is -2.69. The Balaban J connectivity index is 6.16. The zero-order chi connectivity index (χ0) is 18.4. The van der Waals surface area contributed by atoms with Gasteiger partial charge in [0, 0.05) is 0 Å². The Bertz CT molecular complexity index is 425. The molecule has 0 amide bonds. The van der Waals surface area contributed by atoms with Gasteiger partial charge in [-0.05, 0) is 11.6 Å². The van der Waals surface area contributed by atoms with Crippen molar-refractivity contribution in [1.29, 1.82) is 0 Å². The van der Waals surface area contributed by atoms with Gasteiger partial charge in [0.15, 0.2) is 0 Å². The van der Waals surface area contributed by atoms with Gasteiger partial charge in [0.2, 0.25) is 0 Å². The van der Waals surface area contributed by atoms with Gasteiger partial charge in [-0.15, -0.1) is 0 Å². The molecular weight excluding hydrogens is 376 g/mol. The Morgan fingerprint density at radius 1 is 0.636 bits per heavy atom. The third kappa shape index (κ3) is 2.71. The molecule has 0 saturated carbocycles. The van der Waals surface area contributed by atoms with Gasteiger partial charge < -0.3 is 4.79 Å². The van der Waals surface area contributed by atoms with Crippen LogP contribution in [-0.2, 0) is 4.79 Å². The predicted octanol–water partition coefficient (Wildman–Crippen LogP) is 4.58. The molecule has 0 N–H and O–H groups in total. The predicted molar refractivity (Wildman–Crippen MR) is 46.2 cm³/mol. The molecule has 0 radical (unpaired) electrons. The molecular formula is C8H3ClF12O. The summed E-state index contributed by atoms with van der Waals surface area (Å²) in [7, 11) is 0. The fourth-order valence-corrected chi connectivity index (χ4v) is 1.15. The fraction of sp³-hybridized carbons (Fsp3) is 0.875. The molecule has 0 aliphatic rings. The van der Waals surface area contributed by atoms with Gasteiger partial charge in [-0.3, -0.25) is 0 Å². The van der Waals surface area contributed by atoms with Crippen molar-refractivity contribution >= 4 is 17.9 Å². The van der Waals surface area contributed by atoms with Crippen LogP contribution in [0, 0.1) is 0 Å². The largest absolute Gasteiger partial charge is 0.393 e. The van der Waals surface area contributed by atoms with Crippen LogP contribution in [0.1, 0.15) is 6.42 Å². The third-order valence-corrected chi connectivity index (χ3v) is 2.58. The highest BCUT2D eigenvalue weighted by Crippen LogP contribution is 2.60. The highest BCUT2D eigenvalue weighted by atomic mass is 35.5. The smallest absolute Gasteiger partial charge is 0.303 e. The summed E-state index contributed by atoms with van der Waals surface area (Å²) in [5.41, 5.74) is 0. The summed E-state index contributed by atoms with van der Waals surface area (Å²) in [5.74, 6) is -36.2. The van der Waals surface area contributed by atoms with Crippen LogP contribution in [0.4, 0.5) is 52.7 Å². The maximum Gasteiger partial charge on any atom is 0.393 e. The first-order chi connectivity index (χ1) is 9.31. The quantitative estimate of drug-likeness (QED) is 0.360. The maximum atomic E-state index is 12.9. The molecule has 0 saturated heterocycles. The van der Waals surface area contributed by atoms with Crippen LogP contribution in [0.5, 0.6) is 0 Å². The number of alkyl halides is 13. The summed E-state index contributed by atoms with van der Waals surface area (Å²) in [6.45, 7) is 0. The average Bonchev–Trinajstić information content (AvgIpc) is 2.26. The van der Waals surface area contributed by atoms with Crippen LogP contribution in [0.15, 0.2) is 0 Å². The van der Waals surface area contributed by atoms with Crippen molar-refractivity contribution in [3.8, 4) is 0 Å². The number of aldehydes is 1. The second-order valence-corrected chi connectivity index (χ2v) is 4.35. The third-order valence-electron chi connectivity index (χ3n) is 2.34. The van der Waals surface area contributed by atoms with Crippen LogP contribution < -0.4 is 0 Å². The topological polar surface area (TPSA) is 17.1 Å². The molecule has 1 nitrogen and oxygen atoms in total. The molecule has 0 spiro atoms. The SMILES string of the molecule is O=CCC(F)(F)C(F)(F)C(F)(F)C(F)(F)C(F)(F)C(F)(F)Cl. The Morgan fingerprint density at radius 2 is 0.955 bits per heavy atom. The van der Waals surface area contributed by atoms with Crippen molar-refractivity contribution in [2.24, 2.45) is 0 Å². The molecule has 0 aromatic heterocycles. The Morgan fingerprint density at radius 3 is 1.23 bits per heavy atom. The highest BCUT2D eigenvalue weighted by molar-refractivity contribution is 6.22. The monoisotopic (exact) mass is 378 g/mol. The first-order valence-electron chi connectivity index (χ1n) is 4.70. The van der Waals surface area contributed by atoms with Crippen molar-refractivity contribution in [2.45, 2.75) is 41.4 Å². The van der Waals surface area contributed by atoms with Crippen LogP contribution in [-0.4, -0.2) is 41.3 Å². The molecule has 0 aromatic carbocycles. The van der Waals surface area contributed by atoms with Gasteiger partial charge in [-0.1, -0.05) is 0 Å². The van der Waals surface area contributed by atoms with Crippen LogP contribution >= 0.6 is 11.6 Å². The van der Waals surface area contributed by atoms with Gasteiger partial charge in [-0.2, -0.15) is 52.7 Å². The lowest BCUT2D eigenvalue weighted by Gasteiger charge is -2.39. The molecule has 0 aliphatic carbocycles. The number of hydrogen-bond acceptors (Lipinski definition) is 1. The molecule has 0 fully saturated rings. The highest BCUT2D eigenvalue weighted by Gasteiger charge is 2.89. The van der Waals surface area contributed by atoms with Crippen molar-refractivity contribution in [2.75, 3.05) is 0 Å². The molecule has 132 valence electrons. The molecule has 0 heterocycles. The van der Waals surface area contributed by atoms with E-state index in [0.717, 1.165) is 0 Å². The Hall–Kier alpha value is -0.880. The van der Waals surface area contributed by atoms with E-state index in [4.69, 9.17) is 0 Å². The second-order valence-electron chi connectivity index (χ2n) is 3.87. The van der Waals surface area contributed by atoms with Gasteiger partial charge in [-0.25, -0.2) is 0 Å². The summed E-state index contributed by atoms with van der Waals surface area (Å²) in [6.07, 6.45) is -3.84. The van der Waals surface area contributed by atoms with Gasteiger partial charge in [0.05, 0.1) is 6.42 Å². The van der Waals surface area contributed by atoms with Gasteiger partial charge >= 0.3 is 35.0 Å². The number of hydrogen-bond donors (Lipinski definition) is 0. The van der Waals surface area contributed by atoms with E-state index in [1.807, 2.05) is 0 Å². The van der Waals surface area contributed by atoms with Crippen molar-refractivity contribution in [3.63, 3.8) is 0 Å². The van der Waals surface area contributed by atoms with Crippen LogP contribution in [0.25, 0.3) is 0 Å². The molecule has 14 heteroatoms. The van der Waals surface area contributed by atoms with E-state index in [1.165, 1.54) is 0 Å². The molecule has 0 aromatic rings. The first kappa shape index (κ1) is 21.1. The van der Waals surface area contributed by atoms with E-state index in [2.05, 4.69) is 11.6 Å². The summed E-state index contributed by atoms with van der Waals surface area (Å²) in [5, 5.41) is -6.46. The molecule has 0 rings (SSSR count). The van der Waals surface area contributed by atoms with Crippen LogP contribution in [0.3, 0.4) is 0 Å². The standard InChI is InChI=1S/C8H3ClF12O/c9-8(20,21)7(18,19)6(16,17)5(14,15)4(12,13)3(10,11)1-2-22/h2H,1H2. The number of carbonyl (C=O) groups is 1. The second kappa shape index (κ2) is 5.34. The summed E-state index contributed by atoms with van der Waals surface area (Å²) >= 11 is 3.46. The summed E-state index contributed by atoms with van der Waals surface area (Å²) < 4.78 is 151. The fourth-order valence-electron chi connectivity index (χ4n) is 1.03. The van der Waals surface area contributed by atoms with E-state index in [0.29, 0.717) is 0 Å². The van der Waals surface area contributed by atoms with Crippen molar-refractivity contribution in [1.82, 2.24) is 0 Å². The minimum absolute atomic E-state index is 1.09. The van der Waals surface area contributed by atoms with E-state index in [9.17, 15) is 57.5 Å². The van der Waals surface area contributed by atoms with Gasteiger partial charge in [0.1, 0.15) is 6.29 Å². The zero-order valence-electron chi connectivity index (χ0n) is 9.61. The Labute approximate surface area is 118 Å². The van der Waals surface area contributed by atoms with E-state index in [-0.39, 0.29) is 0 Å². The number of carbonyl (C=O) groups excluding carboxylic acids is 1. The normalized spacial score (nSPS) is 15.9. The number of rotatable bonds is 7. The Kier molecular flexibility index (Phi) is 5.12. The van der Waals surface area contributed by atoms with Crippen molar-refractivity contribution < 1.29 is 57.5 Å². The van der Waals surface area contributed by atoms with Gasteiger partial charge in [0.25, 0.3) is 0 Å². The molecule has 0 bridgehead atoms. The summed E-state index contributed by atoms with van der Waals surface area (Å²) in [6, 6.07) is 0. The molecule has 0 atom stereocenters. The number of halogens is 13. The zero-order valence-corrected chi connectivity index (χ0v) is 10.4. The molecule has 0 unspecified atom stereocenters. The molecule has 0 aliphatic heterocycles. The molecule has 22 heavy (non-hydrogen) atoms.